The van der Waals surface area contributed by atoms with Gasteiger partial charge in [0.05, 0.1) is 35.9 Å². The van der Waals surface area contributed by atoms with Crippen LogP contribution in [0.2, 0.25) is 0 Å². The van der Waals surface area contributed by atoms with E-state index in [1.807, 2.05) is 0 Å². The lowest BCUT2D eigenvalue weighted by Crippen LogP contribution is -2.38. The summed E-state index contributed by atoms with van der Waals surface area (Å²) in [6.07, 6.45) is 3.26. The quantitative estimate of drug-likeness (QED) is 0.649. The summed E-state index contributed by atoms with van der Waals surface area (Å²) in [5.74, 6) is -2.55. The summed E-state index contributed by atoms with van der Waals surface area (Å²) >= 11 is 1.40. The van der Waals surface area contributed by atoms with Crippen molar-refractivity contribution in [3.63, 3.8) is 0 Å². The van der Waals surface area contributed by atoms with E-state index in [4.69, 9.17) is 15.2 Å². The average molecular weight is 464 g/mol. The van der Waals surface area contributed by atoms with Gasteiger partial charge in [0.25, 0.3) is 5.91 Å². The van der Waals surface area contributed by atoms with Crippen molar-refractivity contribution in [3.8, 4) is 5.88 Å². The fraction of sp³-hybridized carbons (Fsp3) is 0.429. The maximum atomic E-state index is 14.9. The number of halogens is 2. The Hall–Kier alpha value is -2.79. The number of aliphatic imine (C=N–C) groups is 1. The van der Waals surface area contributed by atoms with Crippen LogP contribution >= 0.6 is 11.8 Å². The van der Waals surface area contributed by atoms with Crippen molar-refractivity contribution >= 4 is 28.5 Å². The molecule has 1 aliphatic heterocycles. The van der Waals surface area contributed by atoms with Crippen LogP contribution in [0.25, 0.3) is 0 Å². The van der Waals surface area contributed by atoms with Gasteiger partial charge in [-0.1, -0.05) is 11.8 Å². The molecule has 1 aliphatic carbocycles. The number of amides is 1. The number of benzene rings is 1. The smallest absolute Gasteiger partial charge is 0.275 e. The van der Waals surface area contributed by atoms with Crippen LogP contribution in [0.1, 0.15) is 36.3 Å². The Morgan fingerprint density at radius 3 is 2.78 bits per heavy atom. The molecule has 2 aromatic rings. The number of nitrogens with zero attached hydrogens (tertiary/aromatic N) is 3. The van der Waals surface area contributed by atoms with Gasteiger partial charge in [-0.25, -0.2) is 18.7 Å². The Morgan fingerprint density at radius 2 is 2.12 bits per heavy atom. The first-order valence-corrected chi connectivity index (χ1v) is 10.8. The first kappa shape index (κ1) is 22.4. The predicted octanol–water partition coefficient (Wildman–Crippen LogP) is 3.09. The van der Waals surface area contributed by atoms with Gasteiger partial charge in [-0.3, -0.25) is 9.79 Å². The number of fused-ring (bicyclic) bond motifs is 1. The molecule has 0 spiro atoms. The summed E-state index contributed by atoms with van der Waals surface area (Å²) in [6, 6.07) is 2.31. The number of thioether (sulfide) groups is 1. The highest BCUT2D eigenvalue weighted by molar-refractivity contribution is 8.15. The Kier molecular flexibility index (Phi) is 5.80. The number of anilines is 1. The van der Waals surface area contributed by atoms with E-state index in [0.717, 1.165) is 6.07 Å². The third kappa shape index (κ3) is 3.90. The second-order valence-corrected chi connectivity index (χ2v) is 9.34. The fourth-order valence-electron chi connectivity index (χ4n) is 4.21. The van der Waals surface area contributed by atoms with E-state index >= 15 is 0 Å². The van der Waals surface area contributed by atoms with E-state index in [1.54, 1.807) is 21.0 Å². The topological polar surface area (TPSA) is 112 Å². The minimum Gasteiger partial charge on any atom is -0.477 e. The first-order valence-electron chi connectivity index (χ1n) is 10.0. The van der Waals surface area contributed by atoms with Crippen LogP contribution in [-0.2, 0) is 10.3 Å². The molecule has 1 saturated carbocycles. The van der Waals surface area contributed by atoms with Gasteiger partial charge in [-0.05, 0) is 26.3 Å². The molecule has 1 aromatic heterocycles. The molecule has 1 amide bonds. The van der Waals surface area contributed by atoms with Crippen LogP contribution in [0.5, 0.6) is 5.88 Å². The lowest BCUT2D eigenvalue weighted by molar-refractivity contribution is 0.102. The van der Waals surface area contributed by atoms with Crippen LogP contribution < -0.4 is 15.8 Å². The molecule has 1 aromatic carbocycles. The number of hydrogen-bond acceptors (Lipinski definition) is 8. The normalized spacial score (nSPS) is 26.2. The molecule has 1 fully saturated rings. The SMILES string of the molecule is CCOc1cnc(C(=O)Nc2cc(F)c(F)c([C@@]3(C)N=C(N)S[C@@]4(COC)CC43)c2)cn1. The Bertz CT molecular complexity index is 1080. The minimum absolute atomic E-state index is 0.00332. The Labute approximate surface area is 188 Å². The second kappa shape index (κ2) is 8.28. The highest BCUT2D eigenvalue weighted by atomic mass is 32.2. The molecular weight excluding hydrogens is 440 g/mol. The van der Waals surface area contributed by atoms with Crippen molar-refractivity contribution in [3.05, 3.63) is 47.4 Å². The van der Waals surface area contributed by atoms with E-state index in [0.29, 0.717) is 19.6 Å². The molecule has 0 saturated heterocycles. The zero-order valence-electron chi connectivity index (χ0n) is 17.8. The van der Waals surface area contributed by atoms with Crippen molar-refractivity contribution in [1.29, 1.82) is 0 Å². The molecule has 4 rings (SSSR count). The number of hydrogen-bond donors (Lipinski definition) is 2. The molecule has 3 atom stereocenters. The summed E-state index contributed by atoms with van der Waals surface area (Å²) in [5, 5.41) is 2.84. The molecule has 2 aliphatic rings. The molecule has 0 radical (unpaired) electrons. The zero-order chi connectivity index (χ0) is 23.1. The van der Waals surface area contributed by atoms with Gasteiger partial charge in [0.2, 0.25) is 5.88 Å². The monoisotopic (exact) mass is 463 g/mol. The summed E-state index contributed by atoms with van der Waals surface area (Å²) in [6.45, 7) is 4.36. The largest absolute Gasteiger partial charge is 0.477 e. The Balaban J connectivity index is 1.64. The van der Waals surface area contributed by atoms with Crippen molar-refractivity contribution in [1.82, 2.24) is 9.97 Å². The van der Waals surface area contributed by atoms with E-state index in [2.05, 4.69) is 20.3 Å². The van der Waals surface area contributed by atoms with Crippen LogP contribution in [0.3, 0.4) is 0 Å². The predicted molar refractivity (Wildman–Crippen MR) is 117 cm³/mol. The number of aromatic nitrogens is 2. The van der Waals surface area contributed by atoms with Gasteiger partial charge in [0.1, 0.15) is 5.69 Å². The molecule has 0 bridgehead atoms. The molecule has 32 heavy (non-hydrogen) atoms. The number of carbonyl (C=O) groups excluding carboxylic acids is 1. The molecule has 170 valence electrons. The van der Waals surface area contributed by atoms with Crippen molar-refractivity contribution in [2.24, 2.45) is 16.6 Å². The first-order chi connectivity index (χ1) is 15.2. The van der Waals surface area contributed by atoms with Crippen molar-refractivity contribution in [2.45, 2.75) is 30.6 Å². The van der Waals surface area contributed by atoms with Gasteiger partial charge < -0.3 is 20.5 Å². The van der Waals surface area contributed by atoms with Gasteiger partial charge in [0.15, 0.2) is 16.8 Å². The van der Waals surface area contributed by atoms with Gasteiger partial charge >= 0.3 is 0 Å². The van der Waals surface area contributed by atoms with Gasteiger partial charge in [0, 0.05) is 30.3 Å². The number of nitrogens with two attached hydrogens (primary N) is 1. The van der Waals surface area contributed by atoms with Gasteiger partial charge in [-0.2, -0.15) is 0 Å². The van der Waals surface area contributed by atoms with E-state index < -0.39 is 23.1 Å². The molecule has 3 N–H and O–H groups in total. The fourth-order valence-corrected chi connectivity index (χ4v) is 5.66. The van der Waals surface area contributed by atoms with Gasteiger partial charge in [-0.15, -0.1) is 0 Å². The summed E-state index contributed by atoms with van der Waals surface area (Å²) in [4.78, 5) is 25.0. The average Bonchev–Trinajstić information content (AvgIpc) is 3.46. The zero-order valence-corrected chi connectivity index (χ0v) is 18.6. The van der Waals surface area contributed by atoms with Crippen molar-refractivity contribution in [2.75, 3.05) is 25.6 Å². The second-order valence-electron chi connectivity index (χ2n) is 7.90. The molecule has 1 unspecified atom stereocenters. The summed E-state index contributed by atoms with van der Waals surface area (Å²) in [7, 11) is 1.59. The summed E-state index contributed by atoms with van der Waals surface area (Å²) in [5.41, 5.74) is 5.05. The van der Waals surface area contributed by atoms with Crippen LogP contribution in [-0.4, -0.2) is 46.1 Å². The maximum absolute atomic E-state index is 14.9. The van der Waals surface area contributed by atoms with Crippen LogP contribution in [0, 0.1) is 17.6 Å². The Morgan fingerprint density at radius 1 is 1.34 bits per heavy atom. The third-order valence-electron chi connectivity index (χ3n) is 5.73. The number of methoxy groups -OCH3 is 1. The van der Waals surface area contributed by atoms with E-state index in [9.17, 15) is 13.6 Å². The van der Waals surface area contributed by atoms with E-state index in [-0.39, 0.29) is 38.7 Å². The summed E-state index contributed by atoms with van der Waals surface area (Å²) < 4.78 is 39.7. The minimum atomic E-state index is -1.10. The lowest BCUT2D eigenvalue weighted by atomic mass is 9.85. The molecular formula is C21H23F2N5O3S. The molecule has 8 nitrogen and oxygen atoms in total. The van der Waals surface area contributed by atoms with Crippen molar-refractivity contribution < 1.29 is 23.0 Å². The lowest BCUT2D eigenvalue weighted by Gasteiger charge is -2.34. The number of rotatable bonds is 7. The molecule has 11 heteroatoms. The van der Waals surface area contributed by atoms with Crippen LogP contribution in [0.15, 0.2) is 29.5 Å². The number of ether oxygens (including phenoxy) is 2. The standard InChI is InChI=1S/C21H23F2N5O3S/c1-4-31-16-9-25-14(8-26-16)18(29)27-11-5-12(17(23)13(22)6-11)20(2)15-7-21(15,10-30-3)32-19(24)28-20/h5-6,8-9,15H,4,7,10H2,1-3H3,(H2,24,28)(H,27,29)/t15?,20-,21-/m1/s1. The third-order valence-corrected chi connectivity index (χ3v) is 7.00. The highest BCUT2D eigenvalue weighted by Crippen LogP contribution is 2.66. The van der Waals surface area contributed by atoms with Crippen LogP contribution in [0.4, 0.5) is 14.5 Å². The number of carbonyl (C=O) groups is 1. The highest BCUT2D eigenvalue weighted by Gasteiger charge is 2.66. The van der Waals surface area contributed by atoms with E-state index in [1.165, 1.54) is 30.2 Å². The number of nitrogens with one attached hydrogen (secondary N) is 1. The number of amidine groups is 1. The maximum Gasteiger partial charge on any atom is 0.275 e. The molecule has 2 heterocycles.